The summed E-state index contributed by atoms with van der Waals surface area (Å²) < 4.78 is 7.10. The fraction of sp³-hybridized carbons (Fsp3) is 0.364. The SMILES string of the molecule is CCc1[nH]c2nc(Oc3ccc4nccnc4c3)nc(N3CC(CN(C)C)C3)c2c1Br. The lowest BCUT2D eigenvalue weighted by atomic mass is 9.99. The molecule has 0 aliphatic carbocycles. The normalized spacial score (nSPS) is 14.5. The summed E-state index contributed by atoms with van der Waals surface area (Å²) in [5, 5.41) is 1.01. The van der Waals surface area contributed by atoms with E-state index in [1.54, 1.807) is 12.4 Å². The third-order valence-electron chi connectivity index (χ3n) is 5.51. The van der Waals surface area contributed by atoms with Crippen LogP contribution in [-0.4, -0.2) is 63.5 Å². The quantitative estimate of drug-likeness (QED) is 0.445. The summed E-state index contributed by atoms with van der Waals surface area (Å²) in [6.45, 7) is 5.12. The monoisotopic (exact) mass is 481 g/mol. The highest BCUT2D eigenvalue weighted by molar-refractivity contribution is 9.10. The number of hydrogen-bond acceptors (Lipinski definition) is 7. The molecule has 1 fully saturated rings. The van der Waals surface area contributed by atoms with E-state index in [4.69, 9.17) is 9.72 Å². The third kappa shape index (κ3) is 3.83. The molecule has 9 heteroatoms. The molecule has 3 aromatic heterocycles. The Bertz CT molecular complexity index is 1250. The van der Waals surface area contributed by atoms with Crippen molar-refractivity contribution < 1.29 is 4.74 Å². The minimum atomic E-state index is 0.318. The Kier molecular flexibility index (Phi) is 5.23. The van der Waals surface area contributed by atoms with Crippen molar-refractivity contribution in [1.82, 2.24) is 29.8 Å². The molecule has 0 amide bonds. The van der Waals surface area contributed by atoms with Crippen LogP contribution in [-0.2, 0) is 6.42 Å². The van der Waals surface area contributed by atoms with Crippen molar-refractivity contribution in [3.8, 4) is 11.8 Å². The highest BCUT2D eigenvalue weighted by atomic mass is 79.9. The van der Waals surface area contributed by atoms with Gasteiger partial charge in [-0.3, -0.25) is 9.97 Å². The van der Waals surface area contributed by atoms with Gasteiger partial charge in [0.2, 0.25) is 0 Å². The van der Waals surface area contributed by atoms with Crippen molar-refractivity contribution in [2.24, 2.45) is 5.92 Å². The van der Waals surface area contributed by atoms with Gasteiger partial charge in [0.1, 0.15) is 17.2 Å². The standard InChI is InChI=1S/C22H24BrN7O/c1-4-15-19(23)18-20(26-15)27-22(28-21(18)30-11-13(12-30)10-29(2)3)31-14-5-6-16-17(9-14)25-8-7-24-16/h5-9,13H,4,10-12H2,1-3H3,(H,26,27,28). The number of aromatic nitrogens is 5. The smallest absolute Gasteiger partial charge is 0.325 e. The van der Waals surface area contributed by atoms with E-state index in [2.05, 4.69) is 66.7 Å². The van der Waals surface area contributed by atoms with E-state index in [0.29, 0.717) is 17.7 Å². The van der Waals surface area contributed by atoms with Crippen LogP contribution < -0.4 is 9.64 Å². The van der Waals surface area contributed by atoms with Gasteiger partial charge in [-0.15, -0.1) is 0 Å². The summed E-state index contributed by atoms with van der Waals surface area (Å²) in [6, 6.07) is 5.93. The first-order valence-corrected chi connectivity index (χ1v) is 11.2. The highest BCUT2D eigenvalue weighted by Crippen LogP contribution is 2.38. The van der Waals surface area contributed by atoms with Gasteiger partial charge in [0.25, 0.3) is 0 Å². The lowest BCUT2D eigenvalue weighted by molar-refractivity contribution is 0.282. The second-order valence-corrected chi connectivity index (χ2v) is 8.96. The molecule has 0 unspecified atom stereocenters. The van der Waals surface area contributed by atoms with Crippen LogP contribution in [0.25, 0.3) is 22.1 Å². The van der Waals surface area contributed by atoms with Crippen molar-refractivity contribution in [3.05, 3.63) is 40.8 Å². The number of ether oxygens (including phenoxy) is 1. The number of fused-ring (bicyclic) bond motifs is 2. The van der Waals surface area contributed by atoms with E-state index in [9.17, 15) is 0 Å². The van der Waals surface area contributed by atoms with Crippen LogP contribution in [0.2, 0.25) is 0 Å². The summed E-state index contributed by atoms with van der Waals surface area (Å²) in [4.78, 5) is 26.1. The Morgan fingerprint density at radius 3 is 2.68 bits per heavy atom. The molecule has 1 aliphatic rings. The van der Waals surface area contributed by atoms with Crippen molar-refractivity contribution in [3.63, 3.8) is 0 Å². The summed E-state index contributed by atoms with van der Waals surface area (Å²) in [5.41, 5.74) is 3.47. The molecule has 4 aromatic rings. The first-order valence-electron chi connectivity index (χ1n) is 10.4. The molecule has 1 aliphatic heterocycles. The van der Waals surface area contributed by atoms with Crippen LogP contribution in [0.1, 0.15) is 12.6 Å². The maximum absolute atomic E-state index is 6.07. The fourth-order valence-corrected chi connectivity index (χ4v) is 4.82. The van der Waals surface area contributed by atoms with Gasteiger partial charge in [-0.05, 0) is 48.6 Å². The number of anilines is 1. The van der Waals surface area contributed by atoms with E-state index >= 15 is 0 Å². The summed E-state index contributed by atoms with van der Waals surface area (Å²) in [5.74, 6) is 2.17. The molecule has 4 heterocycles. The van der Waals surface area contributed by atoms with Gasteiger partial charge >= 0.3 is 6.01 Å². The van der Waals surface area contributed by atoms with Gasteiger partial charge < -0.3 is 19.5 Å². The molecule has 0 radical (unpaired) electrons. The average Bonchev–Trinajstić information content (AvgIpc) is 3.05. The lowest BCUT2D eigenvalue weighted by Gasteiger charge is -2.41. The number of H-pyrrole nitrogens is 1. The van der Waals surface area contributed by atoms with Crippen LogP contribution >= 0.6 is 15.9 Å². The molecule has 0 spiro atoms. The topological polar surface area (TPSA) is 83.1 Å². The molecule has 5 rings (SSSR count). The Morgan fingerprint density at radius 2 is 1.94 bits per heavy atom. The molecule has 1 N–H and O–H groups in total. The molecule has 160 valence electrons. The number of hydrogen-bond donors (Lipinski definition) is 1. The predicted molar refractivity (Wildman–Crippen MR) is 125 cm³/mol. The largest absolute Gasteiger partial charge is 0.424 e. The fourth-order valence-electron chi connectivity index (χ4n) is 4.07. The second kappa shape index (κ2) is 8.05. The lowest BCUT2D eigenvalue weighted by Crippen LogP contribution is -2.51. The number of benzene rings is 1. The van der Waals surface area contributed by atoms with Crippen LogP contribution in [0, 0.1) is 5.92 Å². The Hall–Kier alpha value is -2.78. The van der Waals surface area contributed by atoms with Gasteiger partial charge in [0.05, 0.1) is 20.9 Å². The zero-order valence-electron chi connectivity index (χ0n) is 17.8. The molecule has 0 atom stereocenters. The third-order valence-corrected chi connectivity index (χ3v) is 6.38. The van der Waals surface area contributed by atoms with Gasteiger partial charge in [0, 0.05) is 49.7 Å². The molecular formula is C22H24BrN7O. The zero-order valence-corrected chi connectivity index (χ0v) is 19.3. The first-order chi connectivity index (χ1) is 15.0. The average molecular weight is 482 g/mol. The van der Waals surface area contributed by atoms with Gasteiger partial charge in [-0.25, -0.2) is 0 Å². The van der Waals surface area contributed by atoms with E-state index in [-0.39, 0.29) is 0 Å². The molecule has 0 saturated carbocycles. The van der Waals surface area contributed by atoms with E-state index in [0.717, 1.165) is 64.1 Å². The second-order valence-electron chi connectivity index (χ2n) is 8.17. The molecule has 1 aromatic carbocycles. The molecule has 1 saturated heterocycles. The van der Waals surface area contributed by atoms with Crippen LogP contribution in [0.15, 0.2) is 35.1 Å². The number of aryl methyl sites for hydroxylation is 1. The van der Waals surface area contributed by atoms with E-state index < -0.39 is 0 Å². The Morgan fingerprint density at radius 1 is 1.16 bits per heavy atom. The number of nitrogens with zero attached hydrogens (tertiary/aromatic N) is 6. The van der Waals surface area contributed by atoms with Crippen LogP contribution in [0.3, 0.4) is 0 Å². The van der Waals surface area contributed by atoms with Crippen molar-refractivity contribution in [2.45, 2.75) is 13.3 Å². The maximum Gasteiger partial charge on any atom is 0.325 e. The van der Waals surface area contributed by atoms with E-state index in [1.807, 2.05) is 18.2 Å². The van der Waals surface area contributed by atoms with Gasteiger partial charge in [-0.2, -0.15) is 9.97 Å². The Labute approximate surface area is 188 Å². The minimum absolute atomic E-state index is 0.318. The maximum atomic E-state index is 6.07. The zero-order chi connectivity index (χ0) is 21.5. The summed E-state index contributed by atoms with van der Waals surface area (Å²) >= 11 is 3.76. The van der Waals surface area contributed by atoms with Crippen LogP contribution in [0.4, 0.5) is 5.82 Å². The first kappa shape index (κ1) is 20.1. The van der Waals surface area contributed by atoms with Crippen molar-refractivity contribution in [2.75, 3.05) is 38.6 Å². The highest BCUT2D eigenvalue weighted by Gasteiger charge is 2.31. The molecule has 8 nitrogen and oxygen atoms in total. The number of halogens is 1. The summed E-state index contributed by atoms with van der Waals surface area (Å²) in [7, 11) is 4.23. The predicted octanol–water partition coefficient (Wildman–Crippen LogP) is 4.02. The minimum Gasteiger partial charge on any atom is -0.424 e. The summed E-state index contributed by atoms with van der Waals surface area (Å²) in [6.07, 6.45) is 4.22. The van der Waals surface area contributed by atoms with E-state index in [1.165, 1.54) is 0 Å². The number of aromatic amines is 1. The molecule has 31 heavy (non-hydrogen) atoms. The van der Waals surface area contributed by atoms with Gasteiger partial charge in [-0.1, -0.05) is 6.92 Å². The number of nitrogens with one attached hydrogen (secondary N) is 1. The van der Waals surface area contributed by atoms with Crippen LogP contribution in [0.5, 0.6) is 11.8 Å². The molecular weight excluding hydrogens is 458 g/mol. The Balaban J connectivity index is 1.51. The van der Waals surface area contributed by atoms with Gasteiger partial charge in [0.15, 0.2) is 0 Å². The van der Waals surface area contributed by atoms with Crippen molar-refractivity contribution >= 4 is 43.8 Å². The van der Waals surface area contributed by atoms with Crippen molar-refractivity contribution in [1.29, 1.82) is 0 Å². The number of rotatable bonds is 6. The molecule has 0 bridgehead atoms.